The zero-order valence-corrected chi connectivity index (χ0v) is 18.0. The summed E-state index contributed by atoms with van der Waals surface area (Å²) in [5, 5.41) is 0. The molecule has 0 aliphatic carbocycles. The van der Waals surface area contributed by atoms with E-state index >= 15 is 0 Å². The molecular weight excluding hydrogens is 366 g/mol. The second-order valence-electron chi connectivity index (χ2n) is 8.06. The normalized spacial score (nSPS) is 16.1. The highest BCUT2D eigenvalue weighted by Crippen LogP contribution is 2.23. The van der Waals surface area contributed by atoms with Gasteiger partial charge in [0.05, 0.1) is 6.10 Å². The number of benzene rings is 1. The Morgan fingerprint density at radius 2 is 1.86 bits per heavy atom. The van der Waals surface area contributed by atoms with Gasteiger partial charge in [0.2, 0.25) is 0 Å². The van der Waals surface area contributed by atoms with E-state index in [0.717, 1.165) is 42.0 Å². The number of ether oxygens (including phenoxy) is 1. The van der Waals surface area contributed by atoms with Crippen molar-refractivity contribution in [1.29, 1.82) is 0 Å². The van der Waals surface area contributed by atoms with Gasteiger partial charge in [0.25, 0.3) is 5.91 Å². The lowest BCUT2D eigenvalue weighted by Crippen LogP contribution is -2.37. The molecule has 1 aromatic heterocycles. The number of carbonyl (C=O) groups is 2. The molecule has 1 fully saturated rings. The lowest BCUT2D eigenvalue weighted by molar-refractivity contribution is 0.0502. The Bertz CT molecular complexity index is 878. The van der Waals surface area contributed by atoms with Crippen molar-refractivity contribution < 1.29 is 14.3 Å². The molecule has 0 bridgehead atoms. The fraction of sp³-hybridized carbons (Fsp3) is 0.478. The van der Waals surface area contributed by atoms with Gasteiger partial charge in [-0.2, -0.15) is 0 Å². The summed E-state index contributed by atoms with van der Waals surface area (Å²) in [6.45, 7) is 7.00. The molecule has 1 N–H and O–H groups in total. The molecule has 156 valence electrons. The van der Waals surface area contributed by atoms with Crippen molar-refractivity contribution in [2.24, 2.45) is 0 Å². The van der Waals surface area contributed by atoms with E-state index in [-0.39, 0.29) is 17.8 Å². The van der Waals surface area contributed by atoms with Gasteiger partial charge in [-0.3, -0.25) is 9.59 Å². The number of amides is 1. The topological polar surface area (TPSA) is 65.6 Å². The molecule has 1 atom stereocenters. The number of nitrogens with zero attached hydrogens (tertiary/aromatic N) is 2. The lowest BCUT2D eigenvalue weighted by atomic mass is 10.1. The predicted octanol–water partition coefficient (Wildman–Crippen LogP) is 3.72. The zero-order valence-electron chi connectivity index (χ0n) is 18.0. The summed E-state index contributed by atoms with van der Waals surface area (Å²) in [7, 11) is 4.01. The predicted molar refractivity (Wildman–Crippen MR) is 115 cm³/mol. The summed E-state index contributed by atoms with van der Waals surface area (Å²) in [4.78, 5) is 32.5. The Morgan fingerprint density at radius 3 is 2.38 bits per heavy atom. The molecule has 2 heterocycles. The zero-order chi connectivity index (χ0) is 21.1. The minimum Gasteiger partial charge on any atom is -0.378 e. The van der Waals surface area contributed by atoms with Crippen molar-refractivity contribution in [2.45, 2.75) is 46.3 Å². The van der Waals surface area contributed by atoms with Crippen molar-refractivity contribution >= 4 is 17.4 Å². The summed E-state index contributed by atoms with van der Waals surface area (Å²) in [5.74, 6) is -0.120. The highest BCUT2D eigenvalue weighted by Gasteiger charge is 2.27. The number of aromatic nitrogens is 1. The minimum absolute atomic E-state index is 0.0275. The number of H-pyrrole nitrogens is 1. The molecule has 2 aromatic rings. The molecule has 1 aliphatic heterocycles. The van der Waals surface area contributed by atoms with E-state index in [1.165, 1.54) is 6.92 Å². The minimum atomic E-state index is -0.0923. The van der Waals surface area contributed by atoms with Crippen molar-refractivity contribution in [3.8, 4) is 0 Å². The maximum absolute atomic E-state index is 13.4. The molecule has 0 radical (unpaired) electrons. The van der Waals surface area contributed by atoms with E-state index in [4.69, 9.17) is 4.74 Å². The molecule has 29 heavy (non-hydrogen) atoms. The largest absolute Gasteiger partial charge is 0.378 e. The summed E-state index contributed by atoms with van der Waals surface area (Å²) in [6.07, 6.45) is 2.05. The summed E-state index contributed by atoms with van der Waals surface area (Å²) < 4.78 is 5.79. The third-order valence-electron chi connectivity index (χ3n) is 5.56. The number of hydrogen-bond donors (Lipinski definition) is 1. The van der Waals surface area contributed by atoms with Gasteiger partial charge in [-0.1, -0.05) is 12.1 Å². The lowest BCUT2D eigenvalue weighted by Gasteiger charge is -2.26. The number of Topliss-reactive ketones (excluding diaryl/α,β-unsaturated/α-hetero) is 1. The van der Waals surface area contributed by atoms with Crippen LogP contribution in [0.5, 0.6) is 0 Å². The van der Waals surface area contributed by atoms with Crippen LogP contribution in [0.1, 0.15) is 57.4 Å². The molecule has 6 nitrogen and oxygen atoms in total. The average Bonchev–Trinajstić information content (AvgIpc) is 3.28. The molecule has 0 spiro atoms. The van der Waals surface area contributed by atoms with Crippen LogP contribution in [-0.2, 0) is 11.3 Å². The van der Waals surface area contributed by atoms with Crippen LogP contribution >= 0.6 is 0 Å². The van der Waals surface area contributed by atoms with Crippen LogP contribution in [0.15, 0.2) is 24.3 Å². The first-order chi connectivity index (χ1) is 13.8. The molecular formula is C23H31N3O3. The maximum atomic E-state index is 13.4. The molecule has 0 saturated carbocycles. The van der Waals surface area contributed by atoms with Crippen LogP contribution in [0, 0.1) is 13.8 Å². The number of anilines is 1. The van der Waals surface area contributed by atoms with Gasteiger partial charge < -0.3 is 19.5 Å². The number of carbonyl (C=O) groups excluding carboxylic acids is 2. The SMILES string of the molecule is CC(=O)c1c(C)[nH]c(C(=O)N(Cc2ccc(N(C)C)cc2)CC2CCCO2)c1C. The van der Waals surface area contributed by atoms with E-state index in [2.05, 4.69) is 29.2 Å². The first-order valence-corrected chi connectivity index (χ1v) is 10.1. The fourth-order valence-corrected chi connectivity index (χ4v) is 4.02. The number of hydrogen-bond acceptors (Lipinski definition) is 4. The summed E-state index contributed by atoms with van der Waals surface area (Å²) in [6, 6.07) is 8.22. The van der Waals surface area contributed by atoms with E-state index < -0.39 is 0 Å². The summed E-state index contributed by atoms with van der Waals surface area (Å²) >= 11 is 0. The van der Waals surface area contributed by atoms with Gasteiger partial charge in [0, 0.05) is 50.7 Å². The monoisotopic (exact) mass is 397 g/mol. The first kappa shape index (κ1) is 21.1. The third kappa shape index (κ3) is 4.70. The Kier molecular flexibility index (Phi) is 6.42. The number of nitrogens with one attached hydrogen (secondary N) is 1. The van der Waals surface area contributed by atoms with E-state index in [1.807, 2.05) is 37.7 Å². The number of aromatic amines is 1. The summed E-state index contributed by atoms with van der Waals surface area (Å²) in [5.41, 5.74) is 4.75. The van der Waals surface area contributed by atoms with Crippen molar-refractivity contribution in [1.82, 2.24) is 9.88 Å². The van der Waals surface area contributed by atoms with Crippen molar-refractivity contribution in [3.05, 3.63) is 52.3 Å². The molecule has 1 unspecified atom stereocenters. The number of rotatable bonds is 7. The quantitative estimate of drug-likeness (QED) is 0.723. The Labute approximate surface area is 172 Å². The van der Waals surface area contributed by atoms with Crippen molar-refractivity contribution in [3.63, 3.8) is 0 Å². The van der Waals surface area contributed by atoms with Crippen LogP contribution in [-0.4, -0.2) is 54.9 Å². The number of ketones is 1. The molecule has 1 saturated heterocycles. The first-order valence-electron chi connectivity index (χ1n) is 10.1. The third-order valence-corrected chi connectivity index (χ3v) is 5.56. The van der Waals surface area contributed by atoms with E-state index in [1.54, 1.807) is 0 Å². The van der Waals surface area contributed by atoms with Gasteiger partial charge in [0.15, 0.2) is 5.78 Å². The maximum Gasteiger partial charge on any atom is 0.270 e. The van der Waals surface area contributed by atoms with E-state index in [9.17, 15) is 9.59 Å². The van der Waals surface area contributed by atoms with Gasteiger partial charge in [-0.15, -0.1) is 0 Å². The molecule has 1 aliphatic rings. The van der Waals surface area contributed by atoms with E-state index in [0.29, 0.717) is 24.3 Å². The molecule has 1 aromatic carbocycles. The highest BCUT2D eigenvalue weighted by atomic mass is 16.5. The van der Waals surface area contributed by atoms with Crippen LogP contribution < -0.4 is 4.90 Å². The second-order valence-corrected chi connectivity index (χ2v) is 8.06. The van der Waals surface area contributed by atoms with Crippen LogP contribution in [0.3, 0.4) is 0 Å². The Hall–Kier alpha value is -2.60. The standard InChI is InChI=1S/C23H31N3O3/c1-15-21(17(3)27)16(2)24-22(15)23(28)26(14-20-7-6-12-29-20)13-18-8-10-19(11-9-18)25(4)5/h8-11,20,24H,6-7,12-14H2,1-5H3. The van der Waals surface area contributed by atoms with Gasteiger partial charge in [-0.05, 0) is 56.9 Å². The Morgan fingerprint density at radius 1 is 1.17 bits per heavy atom. The Balaban J connectivity index is 1.87. The van der Waals surface area contributed by atoms with Crippen LogP contribution in [0.2, 0.25) is 0 Å². The van der Waals surface area contributed by atoms with Gasteiger partial charge in [0.1, 0.15) is 5.69 Å². The van der Waals surface area contributed by atoms with Crippen LogP contribution in [0.25, 0.3) is 0 Å². The highest BCUT2D eigenvalue weighted by molar-refractivity contribution is 6.02. The van der Waals surface area contributed by atoms with Gasteiger partial charge in [-0.25, -0.2) is 0 Å². The van der Waals surface area contributed by atoms with Crippen molar-refractivity contribution in [2.75, 3.05) is 32.1 Å². The smallest absolute Gasteiger partial charge is 0.270 e. The van der Waals surface area contributed by atoms with Crippen LogP contribution in [0.4, 0.5) is 5.69 Å². The average molecular weight is 398 g/mol. The molecule has 6 heteroatoms. The molecule has 1 amide bonds. The molecule has 3 rings (SSSR count). The second kappa shape index (κ2) is 8.82. The van der Waals surface area contributed by atoms with Gasteiger partial charge >= 0.3 is 0 Å². The fourth-order valence-electron chi connectivity index (χ4n) is 4.02. The number of aryl methyl sites for hydroxylation is 1.